The van der Waals surface area contributed by atoms with Gasteiger partial charge in [0.1, 0.15) is 11.6 Å². The topological polar surface area (TPSA) is 45.7 Å². The summed E-state index contributed by atoms with van der Waals surface area (Å²) in [5.41, 5.74) is 0.254. The smallest absolute Gasteiger partial charge is 0.191 e. The van der Waals surface area contributed by atoms with Gasteiger partial charge in [-0.15, -0.1) is 24.0 Å². The summed E-state index contributed by atoms with van der Waals surface area (Å²) < 4.78 is 31.2. The molecule has 108 valence electrons. The molecule has 0 fully saturated rings. The Morgan fingerprint density at radius 2 is 2.05 bits per heavy atom. The van der Waals surface area contributed by atoms with Gasteiger partial charge in [-0.25, -0.2) is 8.78 Å². The molecule has 2 N–H and O–H groups in total. The Kier molecular flexibility index (Phi) is 9.40. The van der Waals surface area contributed by atoms with E-state index in [2.05, 4.69) is 15.6 Å². The Morgan fingerprint density at radius 1 is 1.32 bits per heavy atom. The van der Waals surface area contributed by atoms with Crippen LogP contribution in [0.1, 0.15) is 5.56 Å². The Morgan fingerprint density at radius 3 is 2.68 bits per heavy atom. The van der Waals surface area contributed by atoms with Crippen molar-refractivity contribution in [3.8, 4) is 0 Å². The lowest BCUT2D eigenvalue weighted by Gasteiger charge is -2.11. The molecule has 1 rings (SSSR count). The van der Waals surface area contributed by atoms with Gasteiger partial charge in [-0.3, -0.25) is 4.99 Å². The highest BCUT2D eigenvalue weighted by atomic mass is 127. The first kappa shape index (κ1) is 18.0. The number of benzene rings is 1. The van der Waals surface area contributed by atoms with Gasteiger partial charge < -0.3 is 15.4 Å². The molecule has 1 aromatic carbocycles. The third-order valence-corrected chi connectivity index (χ3v) is 2.28. The summed E-state index contributed by atoms with van der Waals surface area (Å²) in [6.07, 6.45) is 0. The number of guanidine groups is 1. The molecule has 0 unspecified atom stereocenters. The molecule has 0 radical (unpaired) electrons. The van der Waals surface area contributed by atoms with E-state index in [4.69, 9.17) is 4.74 Å². The van der Waals surface area contributed by atoms with Crippen molar-refractivity contribution in [1.29, 1.82) is 0 Å². The zero-order valence-electron chi connectivity index (χ0n) is 10.9. The van der Waals surface area contributed by atoms with Crippen molar-refractivity contribution in [2.45, 2.75) is 6.54 Å². The number of aliphatic imine (C=N–C) groups is 1. The maximum absolute atomic E-state index is 13.3. The lowest BCUT2D eigenvalue weighted by Crippen LogP contribution is -2.38. The molecular formula is C12H18F2IN3O. The van der Waals surface area contributed by atoms with Crippen LogP contribution in [0.2, 0.25) is 0 Å². The molecule has 0 aliphatic carbocycles. The molecule has 0 spiro atoms. The molecule has 1 aromatic rings. The van der Waals surface area contributed by atoms with Crippen LogP contribution in [0.25, 0.3) is 0 Å². The van der Waals surface area contributed by atoms with Gasteiger partial charge >= 0.3 is 0 Å². The number of nitrogens with one attached hydrogen (secondary N) is 2. The van der Waals surface area contributed by atoms with Crippen molar-refractivity contribution in [2.24, 2.45) is 4.99 Å². The van der Waals surface area contributed by atoms with Crippen molar-refractivity contribution in [3.63, 3.8) is 0 Å². The second kappa shape index (κ2) is 9.90. The highest BCUT2D eigenvalue weighted by Gasteiger charge is 2.04. The van der Waals surface area contributed by atoms with Crippen LogP contribution in [0.5, 0.6) is 0 Å². The first-order chi connectivity index (χ1) is 8.67. The van der Waals surface area contributed by atoms with E-state index in [0.29, 0.717) is 19.1 Å². The fourth-order valence-electron chi connectivity index (χ4n) is 1.35. The minimum atomic E-state index is -0.462. The Labute approximate surface area is 128 Å². The number of ether oxygens (including phenoxy) is 1. The van der Waals surface area contributed by atoms with E-state index in [9.17, 15) is 8.78 Å². The fourth-order valence-corrected chi connectivity index (χ4v) is 1.35. The summed E-state index contributed by atoms with van der Waals surface area (Å²) >= 11 is 0. The second-order valence-corrected chi connectivity index (χ2v) is 3.58. The van der Waals surface area contributed by atoms with Crippen LogP contribution in [0.4, 0.5) is 8.78 Å². The third kappa shape index (κ3) is 6.67. The molecule has 7 heteroatoms. The normalized spacial score (nSPS) is 10.8. The Bertz CT molecular complexity index is 416. The summed E-state index contributed by atoms with van der Waals surface area (Å²) in [6, 6.07) is 3.35. The van der Waals surface area contributed by atoms with E-state index in [1.54, 1.807) is 14.2 Å². The second-order valence-electron chi connectivity index (χ2n) is 3.58. The largest absolute Gasteiger partial charge is 0.383 e. The van der Waals surface area contributed by atoms with Crippen LogP contribution in [0.3, 0.4) is 0 Å². The van der Waals surface area contributed by atoms with Crippen LogP contribution in [0, 0.1) is 11.6 Å². The maximum Gasteiger partial charge on any atom is 0.191 e. The van der Waals surface area contributed by atoms with Gasteiger partial charge in [-0.2, -0.15) is 0 Å². The lowest BCUT2D eigenvalue weighted by atomic mass is 10.2. The first-order valence-electron chi connectivity index (χ1n) is 5.54. The summed E-state index contributed by atoms with van der Waals surface area (Å²) in [7, 11) is 3.20. The van der Waals surface area contributed by atoms with Crippen molar-refractivity contribution in [2.75, 3.05) is 27.3 Å². The van der Waals surface area contributed by atoms with E-state index < -0.39 is 11.6 Å². The van der Waals surface area contributed by atoms with Crippen LogP contribution in [-0.4, -0.2) is 33.3 Å². The number of hydrogen-bond acceptors (Lipinski definition) is 2. The first-order valence-corrected chi connectivity index (χ1v) is 5.54. The fraction of sp³-hybridized carbons (Fsp3) is 0.417. The van der Waals surface area contributed by atoms with E-state index in [1.165, 1.54) is 0 Å². The van der Waals surface area contributed by atoms with Crippen LogP contribution in [-0.2, 0) is 11.3 Å². The Balaban J connectivity index is 0.00000324. The van der Waals surface area contributed by atoms with Gasteiger partial charge in [0.25, 0.3) is 0 Å². The molecule has 0 aliphatic heterocycles. The highest BCUT2D eigenvalue weighted by Crippen LogP contribution is 2.08. The van der Waals surface area contributed by atoms with Gasteiger partial charge in [-0.05, 0) is 18.2 Å². The van der Waals surface area contributed by atoms with Crippen molar-refractivity contribution < 1.29 is 13.5 Å². The minimum Gasteiger partial charge on any atom is -0.383 e. The molecule has 19 heavy (non-hydrogen) atoms. The lowest BCUT2D eigenvalue weighted by molar-refractivity contribution is 0.203. The summed E-state index contributed by atoms with van der Waals surface area (Å²) in [6.45, 7) is 1.28. The zero-order chi connectivity index (χ0) is 13.4. The van der Waals surface area contributed by atoms with Gasteiger partial charge in [0, 0.05) is 32.8 Å². The van der Waals surface area contributed by atoms with E-state index in [-0.39, 0.29) is 36.1 Å². The van der Waals surface area contributed by atoms with Gasteiger partial charge in [0.15, 0.2) is 5.96 Å². The molecule has 0 saturated heterocycles. The van der Waals surface area contributed by atoms with Gasteiger partial charge in [0.2, 0.25) is 0 Å². The van der Waals surface area contributed by atoms with Crippen molar-refractivity contribution >= 4 is 29.9 Å². The van der Waals surface area contributed by atoms with E-state index in [1.807, 2.05) is 0 Å². The average Bonchev–Trinajstić information content (AvgIpc) is 2.37. The maximum atomic E-state index is 13.3. The third-order valence-electron chi connectivity index (χ3n) is 2.28. The van der Waals surface area contributed by atoms with Crippen molar-refractivity contribution in [3.05, 3.63) is 35.4 Å². The summed E-state index contributed by atoms with van der Waals surface area (Å²) in [4.78, 5) is 3.95. The molecule has 0 aromatic heterocycles. The average molecular weight is 385 g/mol. The van der Waals surface area contributed by atoms with Crippen LogP contribution in [0.15, 0.2) is 23.2 Å². The van der Waals surface area contributed by atoms with Gasteiger partial charge in [0.05, 0.1) is 6.61 Å². The molecule has 0 saturated carbocycles. The number of nitrogens with zero attached hydrogens (tertiary/aromatic N) is 1. The summed E-state index contributed by atoms with van der Waals surface area (Å²) in [5, 5.41) is 5.86. The molecule has 0 amide bonds. The molecule has 4 nitrogen and oxygen atoms in total. The monoisotopic (exact) mass is 385 g/mol. The highest BCUT2D eigenvalue weighted by molar-refractivity contribution is 14.0. The van der Waals surface area contributed by atoms with Gasteiger partial charge in [-0.1, -0.05) is 0 Å². The van der Waals surface area contributed by atoms with E-state index in [0.717, 1.165) is 18.2 Å². The summed E-state index contributed by atoms with van der Waals surface area (Å²) in [5.74, 6) is -0.400. The number of methoxy groups -OCH3 is 1. The predicted molar refractivity (Wildman–Crippen MR) is 81.9 cm³/mol. The number of hydrogen-bond donors (Lipinski definition) is 2. The number of rotatable bonds is 5. The van der Waals surface area contributed by atoms with Crippen LogP contribution < -0.4 is 10.6 Å². The van der Waals surface area contributed by atoms with E-state index >= 15 is 0 Å². The zero-order valence-corrected chi connectivity index (χ0v) is 13.2. The SMILES string of the molecule is CN=C(NCCOC)NCc1cc(F)ccc1F.I. The standard InChI is InChI=1S/C12H17F2N3O.HI/c1-15-12(16-5-6-18-2)17-8-9-7-10(13)3-4-11(9)14;/h3-4,7H,5-6,8H2,1-2H3,(H2,15,16,17);1H. The Hall–Kier alpha value is -0.960. The molecule has 0 aliphatic rings. The number of halogens is 3. The minimum absolute atomic E-state index is 0. The molecular weight excluding hydrogens is 367 g/mol. The molecule has 0 bridgehead atoms. The van der Waals surface area contributed by atoms with Crippen LogP contribution >= 0.6 is 24.0 Å². The van der Waals surface area contributed by atoms with Crippen molar-refractivity contribution in [1.82, 2.24) is 10.6 Å². The quantitative estimate of drug-likeness (QED) is 0.352. The molecule has 0 heterocycles. The predicted octanol–water partition coefficient (Wildman–Crippen LogP) is 1.89. The molecule has 0 atom stereocenters.